The first-order valence-corrected chi connectivity index (χ1v) is 2.76. The highest BCUT2D eigenvalue weighted by Gasteiger charge is 2.14. The Bertz CT molecular complexity index is 133. The van der Waals surface area contributed by atoms with Gasteiger partial charge >= 0.3 is 0 Å². The number of nitrogens with zero attached hydrogens (tertiary/aromatic N) is 2. The molecule has 56 valence electrons. The fourth-order valence-electron chi connectivity index (χ4n) is 0.567. The molecule has 0 atom stereocenters. The van der Waals surface area contributed by atoms with Crippen molar-refractivity contribution in [2.75, 3.05) is 13.1 Å². The van der Waals surface area contributed by atoms with Crippen molar-refractivity contribution in [1.29, 1.82) is 0 Å². The van der Waals surface area contributed by atoms with Crippen molar-refractivity contribution in [2.24, 2.45) is 0 Å². The lowest BCUT2D eigenvalue weighted by molar-refractivity contribution is -0.510. The Morgan fingerprint density at radius 2 is 1.50 bits per heavy atom. The van der Waals surface area contributed by atoms with E-state index in [4.69, 9.17) is 0 Å². The van der Waals surface area contributed by atoms with E-state index in [9.17, 15) is 20.2 Å². The fourth-order valence-corrected chi connectivity index (χ4v) is 0.567. The normalized spacial score (nSPS) is 9.70. The molecule has 0 unspecified atom stereocenters. The second-order valence-electron chi connectivity index (χ2n) is 2.14. The molecule has 0 fully saturated rings. The molecule has 0 aromatic rings. The summed E-state index contributed by atoms with van der Waals surface area (Å²) in [6.07, 6.45) is 0. The van der Waals surface area contributed by atoms with Gasteiger partial charge in [-0.05, 0) is 0 Å². The second kappa shape index (κ2) is 3.81. The molecule has 0 spiro atoms. The van der Waals surface area contributed by atoms with Gasteiger partial charge in [0.15, 0.2) is 0 Å². The topological polar surface area (TPSA) is 86.3 Å². The average molecular weight is 146 g/mol. The molecule has 0 aliphatic carbocycles. The van der Waals surface area contributed by atoms with Crippen LogP contribution in [0.1, 0.15) is 0 Å². The van der Waals surface area contributed by atoms with Crippen molar-refractivity contribution >= 4 is 7.85 Å². The van der Waals surface area contributed by atoms with Crippen LogP contribution in [0.5, 0.6) is 0 Å². The van der Waals surface area contributed by atoms with Crippen LogP contribution in [0.25, 0.3) is 0 Å². The first-order chi connectivity index (χ1) is 4.52. The van der Waals surface area contributed by atoms with E-state index in [1.807, 2.05) is 0 Å². The molecule has 0 radical (unpaired) electrons. The summed E-state index contributed by atoms with van der Waals surface area (Å²) in [4.78, 5) is 18.5. The highest BCUT2D eigenvalue weighted by atomic mass is 16.6. The summed E-state index contributed by atoms with van der Waals surface area (Å²) in [6, 6.07) is 0. The summed E-state index contributed by atoms with van der Waals surface area (Å²) in [6.45, 7) is -0.665. The van der Waals surface area contributed by atoms with Crippen LogP contribution in [0.2, 0.25) is 5.82 Å². The molecule has 0 aromatic heterocycles. The van der Waals surface area contributed by atoms with Crippen LogP contribution in [-0.2, 0) is 0 Å². The SMILES string of the molecule is BC(C[N+](=O)[O-])C[N+](=O)[O-]. The van der Waals surface area contributed by atoms with Gasteiger partial charge in [0, 0.05) is 9.85 Å². The van der Waals surface area contributed by atoms with Gasteiger partial charge in [-0.3, -0.25) is 20.2 Å². The highest BCUT2D eigenvalue weighted by Crippen LogP contribution is 1.97. The molecule has 0 heterocycles. The van der Waals surface area contributed by atoms with E-state index in [2.05, 4.69) is 0 Å². The van der Waals surface area contributed by atoms with Gasteiger partial charge in [0.25, 0.3) is 0 Å². The van der Waals surface area contributed by atoms with Gasteiger partial charge in [0.1, 0.15) is 7.85 Å². The number of hydrogen-bond acceptors (Lipinski definition) is 4. The van der Waals surface area contributed by atoms with Crippen LogP contribution in [0.4, 0.5) is 0 Å². The molecule has 0 aliphatic heterocycles. The zero-order valence-corrected chi connectivity index (χ0v) is 5.52. The highest BCUT2D eigenvalue weighted by molar-refractivity contribution is 6.11. The minimum Gasteiger partial charge on any atom is -0.265 e. The molecule has 7 heteroatoms. The van der Waals surface area contributed by atoms with E-state index < -0.39 is 15.7 Å². The molecular formula is C3H7BN2O4. The van der Waals surface area contributed by atoms with E-state index in [1.165, 1.54) is 7.85 Å². The lowest BCUT2D eigenvalue weighted by Gasteiger charge is -1.97. The lowest BCUT2D eigenvalue weighted by atomic mass is 9.88. The summed E-state index contributed by atoms with van der Waals surface area (Å²) < 4.78 is 0. The standard InChI is InChI=1S/C3H7BN2O4/c4-3(1-5(7)8)2-6(9)10/h3H,1-2,4H2. The lowest BCUT2D eigenvalue weighted by Crippen LogP contribution is -2.17. The predicted octanol–water partition coefficient (Wildman–Crippen LogP) is -1.04. The van der Waals surface area contributed by atoms with Crippen LogP contribution in [0.3, 0.4) is 0 Å². The Labute approximate surface area is 57.9 Å². The van der Waals surface area contributed by atoms with E-state index in [0.29, 0.717) is 0 Å². The molecule has 0 aliphatic rings. The maximum Gasteiger partial charge on any atom is 0.205 e. The Balaban J connectivity index is 3.53. The number of hydrogen-bond donors (Lipinski definition) is 0. The van der Waals surface area contributed by atoms with Gasteiger partial charge in [0.2, 0.25) is 13.1 Å². The molecule has 0 saturated heterocycles. The Kier molecular flexibility index (Phi) is 3.38. The molecule has 0 aromatic carbocycles. The maximum absolute atomic E-state index is 9.77. The Hall–Kier alpha value is -1.14. The first kappa shape index (κ1) is 8.86. The van der Waals surface area contributed by atoms with Gasteiger partial charge < -0.3 is 0 Å². The van der Waals surface area contributed by atoms with Crippen LogP contribution < -0.4 is 0 Å². The largest absolute Gasteiger partial charge is 0.265 e. The van der Waals surface area contributed by atoms with Crippen molar-refractivity contribution in [3.05, 3.63) is 20.2 Å². The van der Waals surface area contributed by atoms with E-state index in [1.54, 1.807) is 0 Å². The van der Waals surface area contributed by atoms with Crippen molar-refractivity contribution in [3.63, 3.8) is 0 Å². The molecule has 0 N–H and O–H groups in total. The molecule has 10 heavy (non-hydrogen) atoms. The third-order valence-corrected chi connectivity index (χ3v) is 0.921. The quantitative estimate of drug-likeness (QED) is 0.288. The van der Waals surface area contributed by atoms with Gasteiger partial charge in [-0.25, -0.2) is 0 Å². The van der Waals surface area contributed by atoms with Gasteiger partial charge in [0.05, 0.1) is 5.82 Å². The summed E-state index contributed by atoms with van der Waals surface area (Å²) in [5.41, 5.74) is 0. The van der Waals surface area contributed by atoms with Crippen LogP contribution in [-0.4, -0.2) is 30.8 Å². The molecular weight excluding hydrogens is 139 g/mol. The summed E-state index contributed by atoms with van der Waals surface area (Å²) in [5.74, 6) is -0.481. The van der Waals surface area contributed by atoms with Gasteiger partial charge in [-0.1, -0.05) is 0 Å². The predicted molar refractivity (Wildman–Crippen MR) is 36.0 cm³/mol. The van der Waals surface area contributed by atoms with E-state index in [0.717, 1.165) is 0 Å². The first-order valence-electron chi connectivity index (χ1n) is 2.76. The summed E-state index contributed by atoms with van der Waals surface area (Å²) >= 11 is 0. The Morgan fingerprint density at radius 3 is 1.70 bits per heavy atom. The smallest absolute Gasteiger partial charge is 0.205 e. The molecule has 6 nitrogen and oxygen atoms in total. The van der Waals surface area contributed by atoms with Crippen molar-refractivity contribution in [3.8, 4) is 0 Å². The molecule has 0 rings (SSSR count). The van der Waals surface area contributed by atoms with E-state index in [-0.39, 0.29) is 13.1 Å². The molecule has 0 bridgehead atoms. The van der Waals surface area contributed by atoms with Crippen LogP contribution >= 0.6 is 0 Å². The van der Waals surface area contributed by atoms with Crippen LogP contribution in [0, 0.1) is 20.2 Å². The van der Waals surface area contributed by atoms with Gasteiger partial charge in [-0.15, -0.1) is 0 Å². The second-order valence-corrected chi connectivity index (χ2v) is 2.14. The van der Waals surface area contributed by atoms with Crippen molar-refractivity contribution in [1.82, 2.24) is 0 Å². The molecule has 0 amide bonds. The fraction of sp³-hybridized carbons (Fsp3) is 1.00. The van der Waals surface area contributed by atoms with E-state index >= 15 is 0 Å². The zero-order chi connectivity index (χ0) is 8.15. The average Bonchev–Trinajstić information content (AvgIpc) is 1.58. The maximum atomic E-state index is 9.77. The Morgan fingerprint density at radius 1 is 1.20 bits per heavy atom. The minimum atomic E-state index is -0.547. The summed E-state index contributed by atoms with van der Waals surface area (Å²) in [5, 5.41) is 19.5. The zero-order valence-electron chi connectivity index (χ0n) is 5.52. The third-order valence-electron chi connectivity index (χ3n) is 0.921. The van der Waals surface area contributed by atoms with Crippen LogP contribution in [0.15, 0.2) is 0 Å². The molecule has 0 saturated carbocycles. The van der Waals surface area contributed by atoms with Gasteiger partial charge in [-0.2, -0.15) is 0 Å². The van der Waals surface area contributed by atoms with Crippen molar-refractivity contribution in [2.45, 2.75) is 5.82 Å². The van der Waals surface area contributed by atoms with Crippen molar-refractivity contribution < 1.29 is 9.85 Å². The number of rotatable bonds is 4. The monoisotopic (exact) mass is 146 g/mol. The third kappa shape index (κ3) is 5.01. The number of nitro groups is 2. The summed E-state index contributed by atoms with van der Waals surface area (Å²) in [7, 11) is 1.48. The minimum absolute atomic E-state index is 0.332.